The minimum atomic E-state index is -0.457. The maximum Gasteiger partial charge on any atom is 0.266 e. The number of imide groups is 1. The highest BCUT2D eigenvalue weighted by Gasteiger charge is 2.42. The minimum absolute atomic E-state index is 0.116. The Kier molecular flexibility index (Phi) is 6.78. The predicted octanol–water partition coefficient (Wildman–Crippen LogP) is 5.55. The van der Waals surface area contributed by atoms with Gasteiger partial charge in [-0.3, -0.25) is 14.4 Å². The monoisotopic (exact) mass is 430 g/mol. The molecule has 1 aliphatic heterocycles. The smallest absolute Gasteiger partial charge is 0.266 e. The van der Waals surface area contributed by atoms with Gasteiger partial charge >= 0.3 is 0 Å². The third kappa shape index (κ3) is 3.91. The molecule has 2 aromatic carbocycles. The van der Waals surface area contributed by atoms with Gasteiger partial charge in [0.25, 0.3) is 17.7 Å². The lowest BCUT2D eigenvalue weighted by atomic mass is 9.92. The van der Waals surface area contributed by atoms with E-state index in [9.17, 15) is 14.4 Å². The van der Waals surface area contributed by atoms with Crippen molar-refractivity contribution in [1.82, 2.24) is 4.90 Å². The first-order valence-electron chi connectivity index (χ1n) is 10.9. The van der Waals surface area contributed by atoms with E-state index in [0.29, 0.717) is 18.8 Å². The summed E-state index contributed by atoms with van der Waals surface area (Å²) in [6.07, 6.45) is 3.25. The summed E-state index contributed by atoms with van der Waals surface area (Å²) in [7, 11) is 0. The lowest BCUT2D eigenvalue weighted by Gasteiger charge is -2.25. The van der Waals surface area contributed by atoms with Crippen LogP contribution in [0.15, 0.2) is 61.7 Å². The fourth-order valence-corrected chi connectivity index (χ4v) is 4.16. The molecule has 0 bridgehead atoms. The standard InChI is InChI=1S/C27H30N2O3/c1-7-15-28(16-8-2)25(30)21-13-10-14-22-23(21)27(32)29(26(22)31)24-19(17(3)4)11-9-12-20(24)18(5)6/h7-14,17-18H,1-2,15-16H2,3-6H3. The molecule has 166 valence electrons. The summed E-state index contributed by atoms with van der Waals surface area (Å²) in [6, 6.07) is 10.7. The summed E-state index contributed by atoms with van der Waals surface area (Å²) in [6.45, 7) is 16.2. The highest BCUT2D eigenvalue weighted by atomic mass is 16.2. The zero-order valence-corrected chi connectivity index (χ0v) is 19.2. The molecule has 0 atom stereocenters. The highest BCUT2D eigenvalue weighted by Crippen LogP contribution is 2.40. The molecule has 0 aliphatic carbocycles. The fourth-order valence-electron chi connectivity index (χ4n) is 4.16. The molecule has 0 unspecified atom stereocenters. The van der Waals surface area contributed by atoms with Crippen molar-refractivity contribution in [3.05, 3.63) is 89.5 Å². The summed E-state index contributed by atoms with van der Waals surface area (Å²) >= 11 is 0. The summed E-state index contributed by atoms with van der Waals surface area (Å²) in [4.78, 5) is 43.3. The van der Waals surface area contributed by atoms with Gasteiger partial charge in [0.2, 0.25) is 0 Å². The summed E-state index contributed by atoms with van der Waals surface area (Å²) in [5, 5.41) is 0. The third-order valence-electron chi connectivity index (χ3n) is 5.70. The van der Waals surface area contributed by atoms with Gasteiger partial charge in [0.1, 0.15) is 0 Å². The quantitative estimate of drug-likeness (QED) is 0.408. The van der Waals surface area contributed by atoms with Gasteiger partial charge < -0.3 is 4.90 Å². The van der Waals surface area contributed by atoms with E-state index in [4.69, 9.17) is 0 Å². The average molecular weight is 431 g/mol. The molecule has 3 rings (SSSR count). The van der Waals surface area contributed by atoms with Gasteiger partial charge in [0, 0.05) is 13.1 Å². The van der Waals surface area contributed by atoms with Crippen molar-refractivity contribution < 1.29 is 14.4 Å². The predicted molar refractivity (Wildman–Crippen MR) is 128 cm³/mol. The van der Waals surface area contributed by atoms with Crippen LogP contribution >= 0.6 is 0 Å². The summed E-state index contributed by atoms with van der Waals surface area (Å²) in [5.74, 6) is -0.949. The second kappa shape index (κ2) is 9.35. The molecular weight excluding hydrogens is 400 g/mol. The Morgan fingerprint density at radius 2 is 1.44 bits per heavy atom. The molecule has 0 saturated carbocycles. The number of carbonyl (C=O) groups excluding carboxylic acids is 3. The molecule has 1 heterocycles. The summed E-state index contributed by atoms with van der Waals surface area (Å²) in [5.41, 5.74) is 3.13. The van der Waals surface area contributed by atoms with Crippen molar-refractivity contribution in [1.29, 1.82) is 0 Å². The number of benzene rings is 2. The third-order valence-corrected chi connectivity index (χ3v) is 5.70. The van der Waals surface area contributed by atoms with Crippen LogP contribution in [-0.2, 0) is 0 Å². The Hall–Kier alpha value is -3.47. The molecule has 0 fully saturated rings. The number of amides is 3. The molecule has 0 radical (unpaired) electrons. The number of carbonyl (C=O) groups is 3. The van der Waals surface area contributed by atoms with Crippen molar-refractivity contribution in [3.63, 3.8) is 0 Å². The second-order valence-electron chi connectivity index (χ2n) is 8.56. The first-order chi connectivity index (χ1) is 15.2. The number of hydrogen-bond acceptors (Lipinski definition) is 3. The Labute approximate surface area is 190 Å². The van der Waals surface area contributed by atoms with Crippen LogP contribution in [0, 0.1) is 0 Å². The number of hydrogen-bond donors (Lipinski definition) is 0. The molecule has 1 aliphatic rings. The molecule has 0 saturated heterocycles. The van der Waals surface area contributed by atoms with Crippen molar-refractivity contribution in [2.75, 3.05) is 18.0 Å². The van der Waals surface area contributed by atoms with Gasteiger partial charge in [-0.15, -0.1) is 13.2 Å². The Balaban J connectivity index is 2.18. The van der Waals surface area contributed by atoms with Gasteiger partial charge in [0.05, 0.1) is 22.4 Å². The first-order valence-corrected chi connectivity index (χ1v) is 10.9. The number of anilines is 1. The SMILES string of the molecule is C=CCN(CC=C)C(=O)c1cccc2c1C(=O)N(c1c(C(C)C)cccc1C(C)C)C2=O. The Morgan fingerprint density at radius 1 is 0.906 bits per heavy atom. The van der Waals surface area contributed by atoms with E-state index in [2.05, 4.69) is 13.2 Å². The molecule has 5 heteroatoms. The van der Waals surface area contributed by atoms with E-state index >= 15 is 0 Å². The van der Waals surface area contributed by atoms with Crippen LogP contribution in [0.3, 0.4) is 0 Å². The van der Waals surface area contributed by atoms with E-state index in [-0.39, 0.29) is 34.4 Å². The molecule has 5 nitrogen and oxygen atoms in total. The molecular formula is C27H30N2O3. The Bertz CT molecular complexity index is 1060. The van der Waals surface area contributed by atoms with Crippen molar-refractivity contribution >= 4 is 23.4 Å². The highest BCUT2D eigenvalue weighted by molar-refractivity contribution is 6.36. The van der Waals surface area contributed by atoms with Crippen LogP contribution in [0.2, 0.25) is 0 Å². The molecule has 32 heavy (non-hydrogen) atoms. The molecule has 0 spiro atoms. The zero-order valence-electron chi connectivity index (χ0n) is 19.2. The average Bonchev–Trinajstić information content (AvgIpc) is 3.02. The molecule has 0 N–H and O–H groups in total. The van der Waals surface area contributed by atoms with E-state index in [1.165, 1.54) is 9.80 Å². The minimum Gasteiger partial charge on any atom is -0.331 e. The van der Waals surface area contributed by atoms with Crippen LogP contribution in [0.1, 0.15) is 81.7 Å². The van der Waals surface area contributed by atoms with Gasteiger partial charge in [0.15, 0.2) is 0 Å². The number of nitrogens with zero attached hydrogens (tertiary/aromatic N) is 2. The second-order valence-corrected chi connectivity index (χ2v) is 8.56. The van der Waals surface area contributed by atoms with Crippen molar-refractivity contribution in [3.8, 4) is 0 Å². The molecule has 0 aromatic heterocycles. The summed E-state index contributed by atoms with van der Waals surface area (Å²) < 4.78 is 0. The van der Waals surface area contributed by atoms with Crippen LogP contribution in [0.5, 0.6) is 0 Å². The fraction of sp³-hybridized carbons (Fsp3) is 0.296. The van der Waals surface area contributed by atoms with Crippen molar-refractivity contribution in [2.24, 2.45) is 0 Å². The van der Waals surface area contributed by atoms with E-state index in [0.717, 1.165) is 11.1 Å². The number of rotatable bonds is 8. The lowest BCUT2D eigenvalue weighted by Crippen LogP contribution is -2.34. The number of fused-ring (bicyclic) bond motifs is 1. The maximum absolute atomic E-state index is 13.7. The van der Waals surface area contributed by atoms with E-state index in [1.54, 1.807) is 30.4 Å². The Morgan fingerprint density at radius 3 is 1.94 bits per heavy atom. The number of para-hydroxylation sites is 1. The van der Waals surface area contributed by atoms with Crippen LogP contribution in [-0.4, -0.2) is 35.7 Å². The van der Waals surface area contributed by atoms with Gasteiger partial charge in [-0.2, -0.15) is 0 Å². The van der Waals surface area contributed by atoms with Crippen molar-refractivity contribution in [2.45, 2.75) is 39.5 Å². The van der Waals surface area contributed by atoms with Gasteiger partial charge in [-0.25, -0.2) is 4.90 Å². The van der Waals surface area contributed by atoms with E-state index in [1.807, 2.05) is 45.9 Å². The zero-order chi connectivity index (χ0) is 23.6. The molecule has 3 amide bonds. The van der Waals surface area contributed by atoms with Gasteiger partial charge in [-0.1, -0.05) is 64.1 Å². The van der Waals surface area contributed by atoms with Crippen LogP contribution in [0.25, 0.3) is 0 Å². The maximum atomic E-state index is 13.7. The topological polar surface area (TPSA) is 57.7 Å². The van der Waals surface area contributed by atoms with Crippen LogP contribution in [0.4, 0.5) is 5.69 Å². The largest absolute Gasteiger partial charge is 0.331 e. The molecule has 2 aromatic rings. The van der Waals surface area contributed by atoms with Crippen LogP contribution < -0.4 is 4.90 Å². The van der Waals surface area contributed by atoms with Gasteiger partial charge in [-0.05, 0) is 35.1 Å². The first kappa shape index (κ1) is 23.2. The lowest BCUT2D eigenvalue weighted by molar-refractivity contribution is 0.0784. The van der Waals surface area contributed by atoms with E-state index < -0.39 is 11.8 Å². The normalized spacial score (nSPS) is 13.0.